The number of benzene rings is 2. The predicted octanol–water partition coefficient (Wildman–Crippen LogP) is 4.07. The van der Waals surface area contributed by atoms with Crippen LogP contribution in [0.2, 0.25) is 5.02 Å². The average molecular weight is 394 g/mol. The Labute approximate surface area is 147 Å². The quantitative estimate of drug-likeness (QED) is 0.799. The maximum Gasteiger partial charge on any atom is 0.325 e. The third-order valence-electron chi connectivity index (χ3n) is 3.93. The Hall–Kier alpha value is -1.85. The summed E-state index contributed by atoms with van der Waals surface area (Å²) in [5, 5.41) is 3.41. The van der Waals surface area contributed by atoms with Crippen molar-refractivity contribution in [2.24, 2.45) is 0 Å². The van der Waals surface area contributed by atoms with Crippen LogP contribution in [-0.4, -0.2) is 16.8 Å². The van der Waals surface area contributed by atoms with E-state index in [0.29, 0.717) is 5.02 Å². The summed E-state index contributed by atoms with van der Waals surface area (Å²) in [7, 11) is 0. The van der Waals surface area contributed by atoms with Crippen LogP contribution in [0.4, 0.5) is 4.79 Å². The van der Waals surface area contributed by atoms with Crippen LogP contribution in [0.15, 0.2) is 53.0 Å². The molecule has 23 heavy (non-hydrogen) atoms. The summed E-state index contributed by atoms with van der Waals surface area (Å²) in [6.45, 7) is 1.93. The van der Waals surface area contributed by atoms with Crippen molar-refractivity contribution < 1.29 is 9.59 Å². The molecule has 1 saturated heterocycles. The highest BCUT2D eigenvalue weighted by molar-refractivity contribution is 9.10. The fraction of sp³-hybridized carbons (Fsp3) is 0.176. The molecular formula is C17H14BrClN2O2. The molecule has 1 aliphatic heterocycles. The summed E-state index contributed by atoms with van der Waals surface area (Å²) < 4.78 is 0.856. The number of nitrogens with zero attached hydrogens (tertiary/aromatic N) is 1. The smallest absolute Gasteiger partial charge is 0.319 e. The zero-order valence-electron chi connectivity index (χ0n) is 12.3. The zero-order chi connectivity index (χ0) is 16.6. The Kier molecular flexibility index (Phi) is 4.17. The average Bonchev–Trinajstić information content (AvgIpc) is 2.74. The molecule has 3 rings (SSSR count). The first-order valence-corrected chi connectivity index (χ1v) is 8.22. The predicted molar refractivity (Wildman–Crippen MR) is 92.0 cm³/mol. The van der Waals surface area contributed by atoms with E-state index in [2.05, 4.69) is 21.2 Å². The van der Waals surface area contributed by atoms with E-state index in [1.165, 1.54) is 4.90 Å². The Morgan fingerprint density at radius 1 is 1.17 bits per heavy atom. The number of hydrogen-bond donors (Lipinski definition) is 1. The van der Waals surface area contributed by atoms with Crippen LogP contribution in [0.25, 0.3) is 0 Å². The van der Waals surface area contributed by atoms with Gasteiger partial charge >= 0.3 is 6.03 Å². The molecule has 1 aliphatic rings. The molecule has 118 valence electrons. The second kappa shape index (κ2) is 5.98. The molecule has 6 heteroatoms. The molecule has 4 nitrogen and oxygen atoms in total. The largest absolute Gasteiger partial charge is 0.325 e. The van der Waals surface area contributed by atoms with Crippen molar-refractivity contribution in [3.8, 4) is 0 Å². The van der Waals surface area contributed by atoms with E-state index in [9.17, 15) is 9.59 Å². The first kappa shape index (κ1) is 16.0. The van der Waals surface area contributed by atoms with Crippen molar-refractivity contribution in [1.82, 2.24) is 10.2 Å². The minimum atomic E-state index is -1.06. The van der Waals surface area contributed by atoms with E-state index < -0.39 is 11.6 Å². The van der Waals surface area contributed by atoms with Gasteiger partial charge in [0.15, 0.2) is 0 Å². The molecule has 0 unspecified atom stereocenters. The lowest BCUT2D eigenvalue weighted by molar-refractivity contribution is -0.131. The highest BCUT2D eigenvalue weighted by atomic mass is 79.9. The number of hydrogen-bond acceptors (Lipinski definition) is 2. The van der Waals surface area contributed by atoms with Crippen molar-refractivity contribution in [2.45, 2.75) is 19.0 Å². The van der Waals surface area contributed by atoms with Crippen LogP contribution in [0, 0.1) is 0 Å². The molecular weight excluding hydrogens is 380 g/mol. The standard InChI is InChI=1S/C17H14BrClN2O2/c1-17(12-3-2-4-13(18)9-12)15(22)21(16(23)20-17)10-11-5-7-14(19)8-6-11/h2-9H,10H2,1H3,(H,20,23)/t17-/m1/s1. The van der Waals surface area contributed by atoms with Crippen LogP contribution in [-0.2, 0) is 16.9 Å². The van der Waals surface area contributed by atoms with E-state index in [1.807, 2.05) is 24.3 Å². The summed E-state index contributed by atoms with van der Waals surface area (Å²) in [5.41, 5.74) is 0.521. The molecule has 1 atom stereocenters. The van der Waals surface area contributed by atoms with Gasteiger partial charge < -0.3 is 5.32 Å². The summed E-state index contributed by atoms with van der Waals surface area (Å²) in [5.74, 6) is -0.268. The minimum Gasteiger partial charge on any atom is -0.319 e. The number of carbonyl (C=O) groups excluding carboxylic acids is 2. The highest BCUT2D eigenvalue weighted by Gasteiger charge is 2.48. The Balaban J connectivity index is 1.89. The van der Waals surface area contributed by atoms with Crippen molar-refractivity contribution in [1.29, 1.82) is 0 Å². The first-order valence-electron chi connectivity index (χ1n) is 7.05. The van der Waals surface area contributed by atoms with Gasteiger partial charge in [0.25, 0.3) is 5.91 Å². The van der Waals surface area contributed by atoms with Gasteiger partial charge in [-0.3, -0.25) is 9.69 Å². The van der Waals surface area contributed by atoms with Gasteiger partial charge in [-0.25, -0.2) is 4.79 Å². The molecule has 1 N–H and O–H groups in total. The number of rotatable bonds is 3. The molecule has 2 aromatic rings. The molecule has 1 fully saturated rings. The van der Waals surface area contributed by atoms with E-state index in [0.717, 1.165) is 15.6 Å². The minimum absolute atomic E-state index is 0.214. The van der Waals surface area contributed by atoms with Crippen LogP contribution >= 0.6 is 27.5 Å². The zero-order valence-corrected chi connectivity index (χ0v) is 14.7. The van der Waals surface area contributed by atoms with E-state index in [4.69, 9.17) is 11.6 Å². The third-order valence-corrected chi connectivity index (χ3v) is 4.68. The van der Waals surface area contributed by atoms with Crippen LogP contribution in [0.3, 0.4) is 0 Å². The van der Waals surface area contributed by atoms with Crippen molar-refractivity contribution >= 4 is 39.5 Å². The van der Waals surface area contributed by atoms with Gasteiger partial charge in [-0.15, -0.1) is 0 Å². The number of carbonyl (C=O) groups is 2. The molecule has 0 aliphatic carbocycles. The lowest BCUT2D eigenvalue weighted by Gasteiger charge is -2.22. The van der Waals surface area contributed by atoms with Gasteiger partial charge in [-0.05, 0) is 42.3 Å². The van der Waals surface area contributed by atoms with Gasteiger partial charge in [-0.1, -0.05) is 51.8 Å². The second-order valence-corrected chi connectivity index (χ2v) is 6.94. The van der Waals surface area contributed by atoms with Gasteiger partial charge in [0.1, 0.15) is 5.54 Å². The van der Waals surface area contributed by atoms with Gasteiger partial charge in [0, 0.05) is 9.50 Å². The maximum absolute atomic E-state index is 12.8. The van der Waals surface area contributed by atoms with Crippen LogP contribution in [0.1, 0.15) is 18.1 Å². The van der Waals surface area contributed by atoms with Gasteiger partial charge in [-0.2, -0.15) is 0 Å². The van der Waals surface area contributed by atoms with Crippen molar-refractivity contribution in [3.63, 3.8) is 0 Å². The normalized spacial score (nSPS) is 20.7. The van der Waals surface area contributed by atoms with E-state index >= 15 is 0 Å². The topological polar surface area (TPSA) is 49.4 Å². The van der Waals surface area contributed by atoms with Gasteiger partial charge in [0.05, 0.1) is 6.54 Å². The van der Waals surface area contributed by atoms with Crippen molar-refractivity contribution in [3.05, 3.63) is 69.2 Å². The first-order chi connectivity index (χ1) is 10.9. The van der Waals surface area contributed by atoms with E-state index in [-0.39, 0.29) is 12.5 Å². The SMILES string of the molecule is C[C@]1(c2cccc(Br)c2)NC(=O)N(Cc2ccc(Cl)cc2)C1=O. The Morgan fingerprint density at radius 3 is 2.52 bits per heavy atom. The number of imide groups is 1. The fourth-order valence-electron chi connectivity index (χ4n) is 2.61. The molecule has 0 aromatic heterocycles. The number of halogens is 2. The number of amides is 3. The molecule has 1 heterocycles. The van der Waals surface area contributed by atoms with Crippen LogP contribution < -0.4 is 5.32 Å². The van der Waals surface area contributed by atoms with Crippen molar-refractivity contribution in [2.75, 3.05) is 0 Å². The van der Waals surface area contributed by atoms with E-state index in [1.54, 1.807) is 31.2 Å². The third kappa shape index (κ3) is 2.99. The molecule has 0 radical (unpaired) electrons. The molecule has 0 spiro atoms. The van der Waals surface area contributed by atoms with Gasteiger partial charge in [0.2, 0.25) is 0 Å². The fourth-order valence-corrected chi connectivity index (χ4v) is 3.13. The second-order valence-electron chi connectivity index (χ2n) is 5.58. The van der Waals surface area contributed by atoms with Crippen LogP contribution in [0.5, 0.6) is 0 Å². The highest BCUT2D eigenvalue weighted by Crippen LogP contribution is 2.31. The maximum atomic E-state index is 12.8. The monoisotopic (exact) mass is 392 g/mol. The Morgan fingerprint density at radius 2 is 1.87 bits per heavy atom. The summed E-state index contributed by atoms with van der Waals surface area (Å²) >= 11 is 9.26. The number of nitrogens with one attached hydrogen (secondary N) is 1. The summed E-state index contributed by atoms with van der Waals surface area (Å²) in [6, 6.07) is 14.1. The summed E-state index contributed by atoms with van der Waals surface area (Å²) in [6.07, 6.45) is 0. The summed E-state index contributed by atoms with van der Waals surface area (Å²) in [4.78, 5) is 26.3. The lowest BCUT2D eigenvalue weighted by Crippen LogP contribution is -2.40. The lowest BCUT2D eigenvalue weighted by atomic mass is 9.92. The Bertz CT molecular complexity index is 778. The molecule has 0 saturated carbocycles. The molecule has 2 aromatic carbocycles. The number of urea groups is 1. The molecule has 3 amide bonds. The molecule has 0 bridgehead atoms.